The Morgan fingerprint density at radius 3 is 2.50 bits per heavy atom. The van der Waals surface area contributed by atoms with Crippen molar-refractivity contribution in [1.82, 2.24) is 0 Å². The van der Waals surface area contributed by atoms with Gasteiger partial charge in [0.1, 0.15) is 18.2 Å². The van der Waals surface area contributed by atoms with E-state index in [9.17, 15) is 8.78 Å². The molecular weight excluding hydrogens is 236 g/mol. The molecule has 0 fully saturated rings. The van der Waals surface area contributed by atoms with E-state index >= 15 is 0 Å². The zero-order valence-electron chi connectivity index (χ0n) is 9.51. The summed E-state index contributed by atoms with van der Waals surface area (Å²) >= 11 is 0. The van der Waals surface area contributed by atoms with Crippen molar-refractivity contribution in [3.63, 3.8) is 0 Å². The summed E-state index contributed by atoms with van der Waals surface area (Å²) < 4.78 is 25.5. The first kappa shape index (κ1) is 12.2. The van der Waals surface area contributed by atoms with Crippen LogP contribution < -0.4 is 0 Å². The molecule has 2 rings (SSSR count). The van der Waals surface area contributed by atoms with E-state index in [2.05, 4.69) is 5.16 Å². The van der Waals surface area contributed by atoms with Gasteiger partial charge in [-0.1, -0.05) is 29.4 Å². The summed E-state index contributed by atoms with van der Waals surface area (Å²) in [5.74, 6) is -0.605. The van der Waals surface area contributed by atoms with Gasteiger partial charge in [0.25, 0.3) is 0 Å². The minimum absolute atomic E-state index is 0.190. The molecule has 0 saturated heterocycles. The SMILES string of the molecule is Fc1ccc(/C=N/OCc2cccc(F)c2)cc1. The van der Waals surface area contributed by atoms with Crippen LogP contribution in [0.2, 0.25) is 0 Å². The second-order valence-corrected chi connectivity index (χ2v) is 3.69. The summed E-state index contributed by atoms with van der Waals surface area (Å²) in [7, 11) is 0. The van der Waals surface area contributed by atoms with E-state index < -0.39 is 0 Å². The van der Waals surface area contributed by atoms with E-state index in [0.717, 1.165) is 5.56 Å². The lowest BCUT2D eigenvalue weighted by molar-refractivity contribution is 0.132. The molecule has 0 aliphatic rings. The second-order valence-electron chi connectivity index (χ2n) is 3.69. The normalized spacial score (nSPS) is 10.8. The van der Waals surface area contributed by atoms with Gasteiger partial charge in [-0.25, -0.2) is 8.78 Å². The van der Waals surface area contributed by atoms with Crippen LogP contribution in [0.3, 0.4) is 0 Å². The molecule has 0 atom stereocenters. The van der Waals surface area contributed by atoms with Gasteiger partial charge in [-0.05, 0) is 35.4 Å². The third kappa shape index (κ3) is 3.66. The molecule has 0 bridgehead atoms. The Kier molecular flexibility index (Phi) is 4.02. The van der Waals surface area contributed by atoms with Gasteiger partial charge in [0.05, 0.1) is 6.21 Å². The van der Waals surface area contributed by atoms with Crippen LogP contribution in [-0.4, -0.2) is 6.21 Å². The lowest BCUT2D eigenvalue weighted by Crippen LogP contribution is -1.89. The van der Waals surface area contributed by atoms with Gasteiger partial charge in [-0.3, -0.25) is 0 Å². The molecule has 0 radical (unpaired) electrons. The van der Waals surface area contributed by atoms with Crippen molar-refractivity contribution in [2.75, 3.05) is 0 Å². The fourth-order valence-corrected chi connectivity index (χ4v) is 1.39. The van der Waals surface area contributed by atoms with E-state index in [0.29, 0.717) is 5.56 Å². The first-order chi connectivity index (χ1) is 8.74. The summed E-state index contributed by atoms with van der Waals surface area (Å²) in [6.07, 6.45) is 1.47. The Morgan fingerprint density at radius 1 is 1.00 bits per heavy atom. The molecule has 2 aromatic rings. The highest BCUT2D eigenvalue weighted by molar-refractivity contribution is 5.78. The van der Waals surface area contributed by atoms with Crippen LogP contribution in [0.4, 0.5) is 8.78 Å². The van der Waals surface area contributed by atoms with E-state index in [4.69, 9.17) is 4.84 Å². The number of hydrogen-bond acceptors (Lipinski definition) is 2. The highest BCUT2D eigenvalue weighted by atomic mass is 19.1. The minimum Gasteiger partial charge on any atom is -0.391 e. The molecule has 4 heteroatoms. The maximum absolute atomic E-state index is 12.8. The third-order valence-corrected chi connectivity index (χ3v) is 2.27. The van der Waals surface area contributed by atoms with Crippen LogP contribution in [0.15, 0.2) is 53.7 Å². The highest BCUT2D eigenvalue weighted by Crippen LogP contribution is 2.05. The smallest absolute Gasteiger partial charge is 0.142 e. The molecule has 0 aliphatic carbocycles. The summed E-state index contributed by atoms with van der Waals surface area (Å²) in [6.45, 7) is 0.190. The average Bonchev–Trinajstić information content (AvgIpc) is 2.37. The lowest BCUT2D eigenvalue weighted by Gasteiger charge is -1.99. The molecule has 0 saturated carbocycles. The summed E-state index contributed by atoms with van der Waals surface area (Å²) in [5.41, 5.74) is 1.43. The van der Waals surface area contributed by atoms with Crippen molar-refractivity contribution in [1.29, 1.82) is 0 Å². The molecule has 2 aromatic carbocycles. The van der Waals surface area contributed by atoms with Crippen LogP contribution >= 0.6 is 0 Å². The Bertz CT molecular complexity index is 538. The quantitative estimate of drug-likeness (QED) is 0.598. The molecule has 0 N–H and O–H groups in total. The van der Waals surface area contributed by atoms with Gasteiger partial charge in [-0.15, -0.1) is 0 Å². The molecule has 0 heterocycles. The Morgan fingerprint density at radius 2 is 1.78 bits per heavy atom. The molecular formula is C14H11F2NO. The molecule has 0 spiro atoms. The van der Waals surface area contributed by atoms with E-state index in [1.807, 2.05) is 0 Å². The fourth-order valence-electron chi connectivity index (χ4n) is 1.39. The molecule has 2 nitrogen and oxygen atoms in total. The van der Waals surface area contributed by atoms with Gasteiger partial charge in [0.2, 0.25) is 0 Å². The van der Waals surface area contributed by atoms with Crippen LogP contribution in [0, 0.1) is 11.6 Å². The van der Waals surface area contributed by atoms with Gasteiger partial charge in [-0.2, -0.15) is 0 Å². The maximum atomic E-state index is 12.8. The minimum atomic E-state index is -0.307. The van der Waals surface area contributed by atoms with Crippen molar-refractivity contribution in [2.24, 2.45) is 5.16 Å². The molecule has 0 aliphatic heterocycles. The second kappa shape index (κ2) is 5.91. The molecule has 0 unspecified atom stereocenters. The van der Waals surface area contributed by atoms with Crippen LogP contribution in [0.5, 0.6) is 0 Å². The van der Waals surface area contributed by atoms with Gasteiger partial charge in [0, 0.05) is 0 Å². The predicted octanol–water partition coefficient (Wildman–Crippen LogP) is 3.52. The topological polar surface area (TPSA) is 21.6 Å². The largest absolute Gasteiger partial charge is 0.391 e. The zero-order valence-corrected chi connectivity index (χ0v) is 9.51. The van der Waals surface area contributed by atoms with Crippen LogP contribution in [0.25, 0.3) is 0 Å². The summed E-state index contributed by atoms with van der Waals surface area (Å²) in [5, 5.41) is 3.73. The van der Waals surface area contributed by atoms with E-state index in [1.54, 1.807) is 24.3 Å². The van der Waals surface area contributed by atoms with Crippen molar-refractivity contribution in [2.45, 2.75) is 6.61 Å². The zero-order chi connectivity index (χ0) is 12.8. The first-order valence-corrected chi connectivity index (χ1v) is 5.39. The Balaban J connectivity index is 1.87. The third-order valence-electron chi connectivity index (χ3n) is 2.27. The van der Waals surface area contributed by atoms with Crippen LogP contribution in [-0.2, 0) is 11.4 Å². The number of benzene rings is 2. The van der Waals surface area contributed by atoms with Gasteiger partial charge >= 0.3 is 0 Å². The number of oxime groups is 1. The Labute approximate surface area is 104 Å². The predicted molar refractivity (Wildman–Crippen MR) is 65.2 cm³/mol. The average molecular weight is 247 g/mol. The van der Waals surface area contributed by atoms with Crippen molar-refractivity contribution in [3.8, 4) is 0 Å². The standard InChI is InChI=1S/C14H11F2NO/c15-13-6-4-11(5-7-13)9-17-18-10-12-2-1-3-14(16)8-12/h1-9H,10H2/b17-9+. The van der Waals surface area contributed by atoms with Gasteiger partial charge < -0.3 is 4.84 Å². The maximum Gasteiger partial charge on any atom is 0.142 e. The monoisotopic (exact) mass is 247 g/mol. The van der Waals surface area contributed by atoms with Crippen molar-refractivity contribution < 1.29 is 13.6 Å². The highest BCUT2D eigenvalue weighted by Gasteiger charge is 1.95. The lowest BCUT2D eigenvalue weighted by atomic mass is 10.2. The van der Waals surface area contributed by atoms with E-state index in [1.165, 1.54) is 30.5 Å². The van der Waals surface area contributed by atoms with Gasteiger partial charge in [0.15, 0.2) is 0 Å². The van der Waals surface area contributed by atoms with Crippen molar-refractivity contribution in [3.05, 3.63) is 71.3 Å². The van der Waals surface area contributed by atoms with Crippen LogP contribution in [0.1, 0.15) is 11.1 Å². The number of halogens is 2. The fraction of sp³-hybridized carbons (Fsp3) is 0.0714. The van der Waals surface area contributed by atoms with Crippen molar-refractivity contribution >= 4 is 6.21 Å². The number of nitrogens with zero attached hydrogens (tertiary/aromatic N) is 1. The summed E-state index contributed by atoms with van der Waals surface area (Å²) in [6, 6.07) is 12.0. The molecule has 0 aromatic heterocycles. The van der Waals surface area contributed by atoms with E-state index in [-0.39, 0.29) is 18.2 Å². The molecule has 0 amide bonds. The number of rotatable bonds is 4. The molecule has 18 heavy (non-hydrogen) atoms. The Hall–Kier alpha value is -2.23. The number of hydrogen-bond donors (Lipinski definition) is 0. The first-order valence-electron chi connectivity index (χ1n) is 5.39. The molecule has 92 valence electrons. The summed E-state index contributed by atoms with van der Waals surface area (Å²) in [4.78, 5) is 5.02.